The van der Waals surface area contributed by atoms with Crippen molar-refractivity contribution in [3.8, 4) is 11.5 Å². The van der Waals surface area contributed by atoms with Gasteiger partial charge in [0.1, 0.15) is 24.7 Å². The quantitative estimate of drug-likeness (QED) is 0.142. The Morgan fingerprint density at radius 3 is 2.24 bits per heavy atom. The maximum atomic E-state index is 12.4. The molecule has 0 aliphatic heterocycles. The van der Waals surface area contributed by atoms with E-state index in [0.29, 0.717) is 17.1 Å². The lowest BCUT2D eigenvalue weighted by molar-refractivity contribution is -0.138. The fourth-order valence-corrected chi connectivity index (χ4v) is 2.85. The summed E-state index contributed by atoms with van der Waals surface area (Å²) in [6, 6.07) is 23.8. The van der Waals surface area contributed by atoms with Crippen molar-refractivity contribution in [2.24, 2.45) is 4.99 Å². The van der Waals surface area contributed by atoms with Gasteiger partial charge in [0, 0.05) is 12.3 Å². The Balaban J connectivity index is 1.49. The van der Waals surface area contributed by atoms with Crippen LogP contribution in [0.2, 0.25) is 0 Å². The minimum Gasteiger partial charge on any atom is -0.490 e. The van der Waals surface area contributed by atoms with Gasteiger partial charge in [-0.3, -0.25) is 4.99 Å². The fraction of sp³-hybridized carbons (Fsp3) is 0.148. The van der Waals surface area contributed by atoms with Crippen LogP contribution in [-0.2, 0) is 9.53 Å². The third-order valence-electron chi connectivity index (χ3n) is 4.67. The summed E-state index contributed by atoms with van der Waals surface area (Å²) in [5.74, 6) is 0.0199. The molecule has 3 rings (SSSR count). The molecular formula is C27H25NO5. The summed E-state index contributed by atoms with van der Waals surface area (Å²) in [5, 5.41) is 0. The van der Waals surface area contributed by atoms with Crippen LogP contribution < -0.4 is 9.47 Å². The van der Waals surface area contributed by atoms with Gasteiger partial charge in [0.05, 0.1) is 11.6 Å². The van der Waals surface area contributed by atoms with Gasteiger partial charge in [-0.1, -0.05) is 36.9 Å². The zero-order valence-electron chi connectivity index (χ0n) is 18.3. The van der Waals surface area contributed by atoms with Crippen molar-refractivity contribution in [1.29, 1.82) is 0 Å². The van der Waals surface area contributed by atoms with Crippen molar-refractivity contribution in [3.05, 3.63) is 108 Å². The summed E-state index contributed by atoms with van der Waals surface area (Å²) < 4.78 is 15.7. The number of carbonyl (C=O) groups is 2. The molecule has 33 heavy (non-hydrogen) atoms. The summed E-state index contributed by atoms with van der Waals surface area (Å²) >= 11 is 0. The molecule has 6 nitrogen and oxygen atoms in total. The Labute approximate surface area is 193 Å². The van der Waals surface area contributed by atoms with Crippen molar-refractivity contribution in [2.75, 3.05) is 13.2 Å². The molecule has 0 heterocycles. The predicted molar refractivity (Wildman–Crippen MR) is 127 cm³/mol. The van der Waals surface area contributed by atoms with E-state index in [1.165, 1.54) is 0 Å². The Morgan fingerprint density at radius 1 is 0.909 bits per heavy atom. The standard InChI is InChI=1S/C27H25NO5/c1-3-26(29)32-18-17-31-24-15-11-23(12-16-24)27(30)33-25-13-9-21(10-14-25)19-28-20(2)22-7-5-4-6-8-22/h3-16,19-20H,1,17-18H2,2H3/t20-/m0/s1. The third kappa shape index (κ3) is 7.47. The number of hydrogen-bond acceptors (Lipinski definition) is 6. The van der Waals surface area contributed by atoms with Crippen LogP contribution in [0.4, 0.5) is 0 Å². The van der Waals surface area contributed by atoms with Crippen LogP contribution in [0.3, 0.4) is 0 Å². The largest absolute Gasteiger partial charge is 0.490 e. The summed E-state index contributed by atoms with van der Waals surface area (Å²) in [7, 11) is 0. The molecule has 6 heteroatoms. The first kappa shape index (κ1) is 23.5. The van der Waals surface area contributed by atoms with E-state index in [1.54, 1.807) is 42.6 Å². The van der Waals surface area contributed by atoms with Crippen molar-refractivity contribution >= 4 is 18.2 Å². The minimum absolute atomic E-state index is 0.0535. The highest BCUT2D eigenvalue weighted by molar-refractivity contribution is 5.91. The molecule has 0 radical (unpaired) electrons. The SMILES string of the molecule is C=CC(=O)OCCOc1ccc(C(=O)Oc2ccc(C=N[C@@H](C)c3ccccc3)cc2)cc1. The number of nitrogens with zero attached hydrogens (tertiary/aromatic N) is 1. The monoisotopic (exact) mass is 443 g/mol. The second kappa shape index (κ2) is 12.0. The molecule has 0 fully saturated rings. The van der Waals surface area contributed by atoms with E-state index in [-0.39, 0.29) is 19.3 Å². The average Bonchev–Trinajstić information content (AvgIpc) is 2.86. The minimum atomic E-state index is -0.501. The second-order valence-corrected chi connectivity index (χ2v) is 7.07. The van der Waals surface area contributed by atoms with Gasteiger partial charge in [-0.25, -0.2) is 9.59 Å². The molecule has 0 spiro atoms. The lowest BCUT2D eigenvalue weighted by atomic mass is 10.1. The molecule has 1 atom stereocenters. The van der Waals surface area contributed by atoms with E-state index in [0.717, 1.165) is 17.2 Å². The van der Waals surface area contributed by atoms with Gasteiger partial charge < -0.3 is 14.2 Å². The van der Waals surface area contributed by atoms with Crippen LogP contribution in [0, 0.1) is 0 Å². The van der Waals surface area contributed by atoms with E-state index < -0.39 is 11.9 Å². The van der Waals surface area contributed by atoms with Crippen molar-refractivity contribution in [2.45, 2.75) is 13.0 Å². The Morgan fingerprint density at radius 2 is 1.58 bits per heavy atom. The first-order chi connectivity index (χ1) is 16.0. The Hall–Kier alpha value is -4.19. The smallest absolute Gasteiger partial charge is 0.343 e. The number of rotatable bonds is 10. The molecule has 0 aliphatic rings. The molecule has 0 saturated carbocycles. The first-order valence-corrected chi connectivity index (χ1v) is 10.5. The zero-order chi connectivity index (χ0) is 23.5. The predicted octanol–water partition coefficient (Wildman–Crippen LogP) is 5.19. The molecule has 3 aromatic rings. The summed E-state index contributed by atoms with van der Waals surface area (Å²) in [6.45, 7) is 5.66. The number of aliphatic imine (C=N–C) groups is 1. The van der Waals surface area contributed by atoms with Crippen LogP contribution in [-0.4, -0.2) is 31.4 Å². The van der Waals surface area contributed by atoms with Crippen molar-refractivity contribution in [3.63, 3.8) is 0 Å². The molecule has 0 bridgehead atoms. The number of benzene rings is 3. The van der Waals surface area contributed by atoms with Gasteiger partial charge in [0.15, 0.2) is 0 Å². The van der Waals surface area contributed by atoms with Crippen molar-refractivity contribution < 1.29 is 23.8 Å². The van der Waals surface area contributed by atoms with E-state index in [9.17, 15) is 9.59 Å². The number of ether oxygens (including phenoxy) is 3. The molecule has 0 amide bonds. The molecule has 0 aliphatic carbocycles. The topological polar surface area (TPSA) is 74.2 Å². The van der Waals surface area contributed by atoms with Crippen LogP contribution in [0.5, 0.6) is 11.5 Å². The lowest BCUT2D eigenvalue weighted by Gasteiger charge is -2.08. The van der Waals surface area contributed by atoms with E-state index >= 15 is 0 Å². The number of carbonyl (C=O) groups excluding carboxylic acids is 2. The zero-order valence-corrected chi connectivity index (χ0v) is 18.3. The van der Waals surface area contributed by atoms with Gasteiger partial charge in [0.25, 0.3) is 0 Å². The van der Waals surface area contributed by atoms with Gasteiger partial charge in [-0.15, -0.1) is 0 Å². The maximum absolute atomic E-state index is 12.4. The molecule has 0 aromatic heterocycles. The van der Waals surface area contributed by atoms with E-state index in [2.05, 4.69) is 11.6 Å². The maximum Gasteiger partial charge on any atom is 0.343 e. The normalized spacial score (nSPS) is 11.5. The van der Waals surface area contributed by atoms with Crippen LogP contribution in [0.15, 0.2) is 96.5 Å². The van der Waals surface area contributed by atoms with Gasteiger partial charge in [-0.05, 0) is 66.6 Å². The summed E-state index contributed by atoms with van der Waals surface area (Å²) in [6.07, 6.45) is 2.90. The van der Waals surface area contributed by atoms with Crippen LogP contribution in [0.1, 0.15) is 34.5 Å². The first-order valence-electron chi connectivity index (χ1n) is 10.5. The van der Waals surface area contributed by atoms with Crippen LogP contribution in [0.25, 0.3) is 0 Å². The molecule has 3 aromatic carbocycles. The molecule has 0 saturated heterocycles. The Kier molecular flexibility index (Phi) is 8.54. The highest BCUT2D eigenvalue weighted by atomic mass is 16.6. The highest BCUT2D eigenvalue weighted by Gasteiger charge is 2.09. The van der Waals surface area contributed by atoms with Gasteiger partial charge in [-0.2, -0.15) is 0 Å². The van der Waals surface area contributed by atoms with Gasteiger partial charge in [0.2, 0.25) is 0 Å². The molecule has 168 valence electrons. The summed E-state index contributed by atoms with van der Waals surface area (Å²) in [5.41, 5.74) is 2.45. The highest BCUT2D eigenvalue weighted by Crippen LogP contribution is 2.18. The van der Waals surface area contributed by atoms with Crippen molar-refractivity contribution in [1.82, 2.24) is 0 Å². The van der Waals surface area contributed by atoms with E-state index in [4.69, 9.17) is 14.2 Å². The summed E-state index contributed by atoms with van der Waals surface area (Å²) in [4.78, 5) is 27.9. The number of hydrogen-bond donors (Lipinski definition) is 0. The Bertz CT molecular complexity index is 1090. The third-order valence-corrected chi connectivity index (χ3v) is 4.67. The second-order valence-electron chi connectivity index (χ2n) is 7.07. The van der Waals surface area contributed by atoms with E-state index in [1.807, 2.05) is 49.4 Å². The molecular weight excluding hydrogens is 418 g/mol. The molecule has 0 N–H and O–H groups in total. The number of esters is 2. The average molecular weight is 443 g/mol. The van der Waals surface area contributed by atoms with Crippen LogP contribution >= 0.6 is 0 Å². The lowest BCUT2D eigenvalue weighted by Crippen LogP contribution is -2.11. The van der Waals surface area contributed by atoms with Gasteiger partial charge >= 0.3 is 11.9 Å². The molecule has 0 unspecified atom stereocenters. The fourth-order valence-electron chi connectivity index (χ4n) is 2.85.